The molecule has 0 radical (unpaired) electrons. The third-order valence-corrected chi connectivity index (χ3v) is 8.72. The normalized spacial score (nSPS) is 15.2. The molecule has 17 heteroatoms. The summed E-state index contributed by atoms with van der Waals surface area (Å²) in [4.78, 5) is 29.9. The molecule has 0 heterocycles. The van der Waals surface area contributed by atoms with Crippen molar-refractivity contribution in [3.8, 4) is 0 Å². The van der Waals surface area contributed by atoms with E-state index in [1.54, 1.807) is 6.92 Å². The lowest BCUT2D eigenvalue weighted by molar-refractivity contribution is -0.156. The third-order valence-electron chi connectivity index (χ3n) is 8.26. The van der Waals surface area contributed by atoms with Gasteiger partial charge in [-0.25, -0.2) is 0 Å². The minimum atomic E-state index is -1.10. The first-order valence-electron chi connectivity index (χ1n) is 18.6. The summed E-state index contributed by atoms with van der Waals surface area (Å²) in [5.41, 5.74) is 23.0. The van der Waals surface area contributed by atoms with Crippen molar-refractivity contribution < 1.29 is 39.5 Å². The number of unbranched alkanes of at least 4 members (excludes halogenated alkanes) is 4. The zero-order chi connectivity index (χ0) is 39.0. The molecule has 0 spiro atoms. The van der Waals surface area contributed by atoms with Gasteiger partial charge in [-0.15, -0.1) is 0 Å². The van der Waals surface area contributed by atoms with Crippen molar-refractivity contribution in [3.63, 3.8) is 0 Å². The Kier molecular flexibility index (Phi) is 35.4. The van der Waals surface area contributed by atoms with E-state index in [9.17, 15) is 24.9 Å². The number of nitrogens with one attached hydrogen (secondary N) is 1. The molecule has 0 saturated heterocycles. The molecule has 51 heavy (non-hydrogen) atoms. The molecule has 0 aliphatic carbocycles. The van der Waals surface area contributed by atoms with Crippen LogP contribution in [0.4, 0.5) is 0 Å². The Labute approximate surface area is 316 Å². The first-order valence-corrected chi connectivity index (χ1v) is 19.7. The molecule has 0 aromatic heterocycles. The standard InChI is InChI=1S/C27H62N8O4.C7H13BrO4/c1-24(36)27(38)25(2)39-26(37)23-32-13-20-34(17-10-29)16-8-4-7-15-33(14-6-3-5-9-28)21-22-35(18-11-30)19-12-31;1-4(9)7(11)5(2)12-6(10)3-8/h24-25,27,32,36,38H,3-23,28-31H2,1-2H3;4-5,7,9,11H,3H2,1-2H3/t24-,25+,27-;4-,5+,7-/m11/s1. The maximum Gasteiger partial charge on any atom is 0.320 e. The monoisotopic (exact) mass is 802 g/mol. The second-order valence-electron chi connectivity index (χ2n) is 13.0. The summed E-state index contributed by atoms with van der Waals surface area (Å²) in [6.45, 7) is 17.9. The van der Waals surface area contributed by atoms with Crippen molar-refractivity contribution in [3.05, 3.63) is 0 Å². The van der Waals surface area contributed by atoms with E-state index in [1.807, 2.05) is 0 Å². The summed E-state index contributed by atoms with van der Waals surface area (Å²) < 4.78 is 9.89. The van der Waals surface area contributed by atoms with Crippen LogP contribution in [0.15, 0.2) is 0 Å². The molecule has 0 rings (SSSR count). The number of hydrogen-bond donors (Lipinski definition) is 9. The summed E-state index contributed by atoms with van der Waals surface area (Å²) in [6, 6.07) is 0. The van der Waals surface area contributed by atoms with Gasteiger partial charge >= 0.3 is 11.9 Å². The zero-order valence-electron chi connectivity index (χ0n) is 32.0. The van der Waals surface area contributed by atoms with Crippen molar-refractivity contribution in [1.82, 2.24) is 20.0 Å². The van der Waals surface area contributed by atoms with Crippen LogP contribution in [0.2, 0.25) is 0 Å². The quantitative estimate of drug-likeness (QED) is 0.0211. The maximum absolute atomic E-state index is 12.0. The minimum Gasteiger partial charge on any atom is -0.459 e. The number of nitrogens with zero attached hydrogens (tertiary/aromatic N) is 3. The number of aliphatic hydroxyl groups excluding tert-OH is 4. The van der Waals surface area contributed by atoms with Gasteiger partial charge in [-0.05, 0) is 79.6 Å². The first kappa shape index (κ1) is 52.0. The van der Waals surface area contributed by atoms with Crippen LogP contribution in [0.3, 0.4) is 0 Å². The molecule has 16 nitrogen and oxygen atoms in total. The van der Waals surface area contributed by atoms with E-state index >= 15 is 0 Å². The second-order valence-corrected chi connectivity index (χ2v) is 13.5. The Morgan fingerprint density at radius 3 is 1.35 bits per heavy atom. The van der Waals surface area contributed by atoms with Crippen LogP contribution in [0, 0.1) is 0 Å². The lowest BCUT2D eigenvalue weighted by Crippen LogP contribution is -2.41. The van der Waals surface area contributed by atoms with Gasteiger partial charge in [0.2, 0.25) is 0 Å². The van der Waals surface area contributed by atoms with Gasteiger partial charge < -0.3 is 68.0 Å². The van der Waals surface area contributed by atoms with Crippen LogP contribution in [0.5, 0.6) is 0 Å². The largest absolute Gasteiger partial charge is 0.459 e. The number of nitrogens with two attached hydrogens (primary N) is 4. The average molecular weight is 804 g/mol. The molecule has 0 aliphatic heterocycles. The molecule has 6 atom stereocenters. The molecule has 306 valence electrons. The molecule has 0 fully saturated rings. The van der Waals surface area contributed by atoms with Crippen molar-refractivity contribution >= 4 is 27.9 Å². The molecule has 0 aliphatic rings. The number of hydrogen-bond acceptors (Lipinski definition) is 16. The fourth-order valence-corrected chi connectivity index (χ4v) is 5.31. The molecule has 0 amide bonds. The van der Waals surface area contributed by atoms with Gasteiger partial charge in [0.15, 0.2) is 0 Å². The minimum absolute atomic E-state index is 0.0580. The van der Waals surface area contributed by atoms with Crippen molar-refractivity contribution in [1.29, 1.82) is 0 Å². The average Bonchev–Trinajstić information content (AvgIpc) is 3.09. The maximum atomic E-state index is 12.0. The van der Waals surface area contributed by atoms with Gasteiger partial charge in [0.25, 0.3) is 0 Å². The molecular weight excluding hydrogens is 728 g/mol. The Bertz CT molecular complexity index is 818. The fraction of sp³-hybridized carbons (Fsp3) is 0.941. The number of rotatable bonds is 32. The van der Waals surface area contributed by atoms with Crippen LogP contribution in [0.25, 0.3) is 0 Å². The predicted molar refractivity (Wildman–Crippen MR) is 206 cm³/mol. The Morgan fingerprint density at radius 2 is 0.961 bits per heavy atom. The van der Waals surface area contributed by atoms with Gasteiger partial charge in [-0.1, -0.05) is 28.8 Å². The Hall–Kier alpha value is -1.06. The third kappa shape index (κ3) is 30.0. The van der Waals surface area contributed by atoms with E-state index in [-0.39, 0.29) is 11.9 Å². The van der Waals surface area contributed by atoms with Gasteiger partial charge in [0.1, 0.15) is 29.7 Å². The summed E-state index contributed by atoms with van der Waals surface area (Å²) in [5, 5.41) is 40.5. The molecule has 0 unspecified atom stereocenters. The summed E-state index contributed by atoms with van der Waals surface area (Å²) in [5.74, 6) is -0.906. The first-order chi connectivity index (χ1) is 24.3. The lowest BCUT2D eigenvalue weighted by atomic mass is 10.1. The highest BCUT2D eigenvalue weighted by Gasteiger charge is 2.23. The van der Waals surface area contributed by atoms with Crippen LogP contribution < -0.4 is 28.3 Å². The smallest absolute Gasteiger partial charge is 0.320 e. The van der Waals surface area contributed by atoms with E-state index in [0.29, 0.717) is 26.2 Å². The molecule has 0 saturated carbocycles. The lowest BCUT2D eigenvalue weighted by Gasteiger charge is -2.27. The molecule has 13 N–H and O–H groups in total. The number of ether oxygens (including phenoxy) is 2. The number of carbonyl (C=O) groups is 2. The zero-order valence-corrected chi connectivity index (χ0v) is 33.6. The van der Waals surface area contributed by atoms with E-state index in [4.69, 9.17) is 37.5 Å². The van der Waals surface area contributed by atoms with Crippen LogP contribution >= 0.6 is 15.9 Å². The fourth-order valence-electron chi connectivity index (χ4n) is 5.18. The van der Waals surface area contributed by atoms with E-state index in [2.05, 4.69) is 35.9 Å². The highest BCUT2D eigenvalue weighted by atomic mass is 79.9. The Balaban J connectivity index is 0. The van der Waals surface area contributed by atoms with Gasteiger partial charge in [-0.3, -0.25) is 14.5 Å². The number of esters is 2. The Morgan fingerprint density at radius 1 is 0.569 bits per heavy atom. The number of carbonyl (C=O) groups excluding carboxylic acids is 2. The van der Waals surface area contributed by atoms with E-state index in [0.717, 1.165) is 91.1 Å². The topological polar surface area (TPSA) is 259 Å². The van der Waals surface area contributed by atoms with Crippen LogP contribution in [-0.4, -0.2) is 187 Å². The summed E-state index contributed by atoms with van der Waals surface area (Å²) in [6.07, 6.45) is 1.41. The molecule has 0 aromatic rings. The molecular formula is C34H75BrN8O8. The summed E-state index contributed by atoms with van der Waals surface area (Å²) >= 11 is 2.91. The number of alkyl halides is 1. The SMILES string of the molecule is C[C@H](OC(=O)CBr)[C@H](O)[C@@H](C)O.C[C@H](OC(=O)CNCCN(CCN)CCCCCN(CCCCCN)CCN(CCN)CCN)[C@H](O)[C@@H](C)O. The molecule has 0 aromatic carbocycles. The van der Waals surface area contributed by atoms with Crippen molar-refractivity contribution in [2.75, 3.05) is 104 Å². The van der Waals surface area contributed by atoms with E-state index < -0.39 is 48.6 Å². The highest BCUT2D eigenvalue weighted by molar-refractivity contribution is 9.09. The van der Waals surface area contributed by atoms with E-state index in [1.165, 1.54) is 33.6 Å². The van der Waals surface area contributed by atoms with Gasteiger partial charge in [-0.2, -0.15) is 0 Å². The van der Waals surface area contributed by atoms with Crippen LogP contribution in [-0.2, 0) is 19.1 Å². The van der Waals surface area contributed by atoms with Crippen LogP contribution in [0.1, 0.15) is 66.2 Å². The number of aliphatic hydroxyl groups is 4. The van der Waals surface area contributed by atoms with Crippen molar-refractivity contribution in [2.24, 2.45) is 22.9 Å². The highest BCUT2D eigenvalue weighted by Crippen LogP contribution is 2.07. The van der Waals surface area contributed by atoms with Gasteiger partial charge in [0.05, 0.1) is 18.8 Å². The van der Waals surface area contributed by atoms with Crippen molar-refractivity contribution in [2.45, 2.75) is 103 Å². The summed E-state index contributed by atoms with van der Waals surface area (Å²) in [7, 11) is 0. The van der Waals surface area contributed by atoms with Gasteiger partial charge in [0, 0.05) is 65.4 Å². The second kappa shape index (κ2) is 34.7. The predicted octanol–water partition coefficient (Wildman–Crippen LogP) is -1.61. The number of halogens is 1. The molecule has 0 bridgehead atoms.